The van der Waals surface area contributed by atoms with E-state index in [9.17, 15) is 19.8 Å². The minimum Gasteiger partial charge on any atom is -0.481 e. The van der Waals surface area contributed by atoms with Crippen molar-refractivity contribution in [2.24, 2.45) is 5.92 Å². The Kier molecular flexibility index (Phi) is 6.64. The van der Waals surface area contributed by atoms with Gasteiger partial charge < -0.3 is 14.8 Å². The number of fused-ring (bicyclic) bond motifs is 1. The molecule has 0 atom stereocenters. The van der Waals surface area contributed by atoms with Crippen LogP contribution in [0.3, 0.4) is 0 Å². The van der Waals surface area contributed by atoms with Gasteiger partial charge in [-0.15, -0.1) is 0 Å². The fraction of sp³-hybridized carbons (Fsp3) is 0.323. The number of carboxylic acids is 2. The molecule has 0 spiro atoms. The molecule has 1 heterocycles. The van der Waals surface area contributed by atoms with Crippen LogP contribution in [0.15, 0.2) is 66.7 Å². The average molecular weight is 563 g/mol. The summed E-state index contributed by atoms with van der Waals surface area (Å²) >= 11 is 12.4. The van der Waals surface area contributed by atoms with Crippen LogP contribution in [0.2, 0.25) is 10.0 Å². The van der Waals surface area contributed by atoms with Gasteiger partial charge in [0, 0.05) is 22.0 Å². The average Bonchev–Trinajstić information content (AvgIpc) is 3.71. The first-order valence-corrected chi connectivity index (χ1v) is 14.0. The van der Waals surface area contributed by atoms with E-state index in [4.69, 9.17) is 28.2 Å². The van der Waals surface area contributed by atoms with E-state index in [1.807, 2.05) is 18.2 Å². The lowest BCUT2D eigenvalue weighted by Gasteiger charge is -2.32. The van der Waals surface area contributed by atoms with Crippen LogP contribution >= 0.6 is 23.2 Å². The maximum Gasteiger partial charge on any atom is 0.323 e. The van der Waals surface area contributed by atoms with E-state index in [0.717, 1.165) is 42.5 Å². The summed E-state index contributed by atoms with van der Waals surface area (Å²) in [4.78, 5) is 30.0. The van der Waals surface area contributed by atoms with Gasteiger partial charge in [-0.25, -0.2) is 4.98 Å². The Hall–Kier alpha value is -3.35. The number of rotatable bonds is 7. The van der Waals surface area contributed by atoms with Gasteiger partial charge in [-0.1, -0.05) is 53.5 Å². The number of benzene rings is 3. The molecule has 2 fully saturated rings. The molecule has 0 aliphatic heterocycles. The molecular formula is C31H28Cl2N2O4. The lowest BCUT2D eigenvalue weighted by molar-refractivity contribution is -0.143. The molecule has 2 saturated carbocycles. The van der Waals surface area contributed by atoms with Crippen LogP contribution in [0, 0.1) is 5.92 Å². The van der Waals surface area contributed by atoms with Gasteiger partial charge in [0.1, 0.15) is 11.2 Å². The second kappa shape index (κ2) is 10.00. The quantitative estimate of drug-likeness (QED) is 0.228. The lowest BCUT2D eigenvalue weighted by Crippen LogP contribution is -2.38. The summed E-state index contributed by atoms with van der Waals surface area (Å²) in [6, 6.07) is 19.7. The van der Waals surface area contributed by atoms with E-state index in [1.165, 1.54) is 0 Å². The van der Waals surface area contributed by atoms with Crippen LogP contribution < -0.4 is 0 Å². The van der Waals surface area contributed by atoms with Crippen LogP contribution in [0.25, 0.3) is 11.0 Å². The van der Waals surface area contributed by atoms with Crippen LogP contribution in [0.5, 0.6) is 0 Å². The van der Waals surface area contributed by atoms with Crippen molar-refractivity contribution in [1.82, 2.24) is 9.55 Å². The van der Waals surface area contributed by atoms with Crippen LogP contribution in [0.4, 0.5) is 0 Å². The zero-order valence-corrected chi connectivity index (χ0v) is 22.7. The zero-order chi connectivity index (χ0) is 27.3. The largest absolute Gasteiger partial charge is 0.481 e. The molecule has 3 aromatic carbocycles. The summed E-state index contributed by atoms with van der Waals surface area (Å²) in [6.07, 6.45) is 4.91. The standard InChI is InChI=1S/C31H28Cl2N2O4/c32-23-10-5-20(6-11-23)31(30(38)39,21-7-12-24(33)13-8-21)22-9-16-26-27(17-22)35(28(34-26)18-1-2-18)25-14-3-19(4-15-25)29(36)37/h5-13,16-19,25H,1-4,14-15H2,(H,36,37)(H,38,39). The Labute approximate surface area is 236 Å². The number of imidazole rings is 1. The Morgan fingerprint density at radius 1 is 0.769 bits per heavy atom. The third kappa shape index (κ3) is 4.50. The molecule has 4 aromatic rings. The van der Waals surface area contributed by atoms with E-state index < -0.39 is 17.4 Å². The van der Waals surface area contributed by atoms with Gasteiger partial charge in [-0.3, -0.25) is 9.59 Å². The van der Waals surface area contributed by atoms with Crippen molar-refractivity contribution in [3.63, 3.8) is 0 Å². The highest BCUT2D eigenvalue weighted by Crippen LogP contribution is 2.46. The number of carboxylic acid groups (broad SMARTS) is 2. The second-order valence-electron chi connectivity index (χ2n) is 10.7. The fourth-order valence-electron chi connectivity index (χ4n) is 6.21. The molecule has 0 amide bonds. The van der Waals surface area contributed by atoms with Crippen LogP contribution in [-0.2, 0) is 15.0 Å². The topological polar surface area (TPSA) is 92.4 Å². The molecular weight excluding hydrogens is 535 g/mol. The molecule has 6 rings (SSSR count). The highest BCUT2D eigenvalue weighted by atomic mass is 35.5. The van der Waals surface area contributed by atoms with E-state index in [0.29, 0.717) is 45.5 Å². The smallest absolute Gasteiger partial charge is 0.323 e. The molecule has 2 aliphatic carbocycles. The van der Waals surface area contributed by atoms with Crippen molar-refractivity contribution in [3.8, 4) is 0 Å². The molecule has 6 nitrogen and oxygen atoms in total. The van der Waals surface area contributed by atoms with E-state index >= 15 is 0 Å². The molecule has 0 unspecified atom stereocenters. The minimum atomic E-state index is -1.51. The maximum absolute atomic E-state index is 13.4. The first-order valence-electron chi connectivity index (χ1n) is 13.3. The summed E-state index contributed by atoms with van der Waals surface area (Å²) in [7, 11) is 0. The lowest BCUT2D eigenvalue weighted by atomic mass is 9.69. The van der Waals surface area contributed by atoms with Crippen molar-refractivity contribution in [2.75, 3.05) is 0 Å². The number of aliphatic carboxylic acids is 2. The highest BCUT2D eigenvalue weighted by Gasteiger charge is 2.45. The molecule has 2 N–H and O–H groups in total. The number of hydrogen-bond acceptors (Lipinski definition) is 3. The third-order valence-electron chi connectivity index (χ3n) is 8.38. The number of halogens is 2. The number of aromatic nitrogens is 2. The first-order chi connectivity index (χ1) is 18.8. The number of hydrogen-bond donors (Lipinski definition) is 2. The Bertz CT molecular complexity index is 1500. The van der Waals surface area contributed by atoms with Gasteiger partial charge in [0.05, 0.1) is 17.0 Å². The molecule has 1 aromatic heterocycles. The maximum atomic E-state index is 13.4. The summed E-state index contributed by atoms with van der Waals surface area (Å²) in [5, 5.41) is 21.5. The fourth-order valence-corrected chi connectivity index (χ4v) is 6.46. The Balaban J connectivity index is 1.56. The van der Waals surface area contributed by atoms with Gasteiger partial charge in [0.25, 0.3) is 0 Å². The third-order valence-corrected chi connectivity index (χ3v) is 8.88. The van der Waals surface area contributed by atoms with Crippen LogP contribution in [0.1, 0.15) is 73.0 Å². The van der Waals surface area contributed by atoms with E-state index in [1.54, 1.807) is 48.5 Å². The predicted octanol–water partition coefficient (Wildman–Crippen LogP) is 7.46. The van der Waals surface area contributed by atoms with Crippen molar-refractivity contribution >= 4 is 46.2 Å². The molecule has 0 saturated heterocycles. The summed E-state index contributed by atoms with van der Waals surface area (Å²) in [5.74, 6) is -0.646. The van der Waals surface area contributed by atoms with Crippen LogP contribution in [-0.4, -0.2) is 31.7 Å². The van der Waals surface area contributed by atoms with Crippen molar-refractivity contribution < 1.29 is 19.8 Å². The number of nitrogens with zero attached hydrogens (tertiary/aromatic N) is 2. The van der Waals surface area contributed by atoms with Gasteiger partial charge in [0.2, 0.25) is 0 Å². The molecule has 0 radical (unpaired) electrons. The Morgan fingerprint density at radius 2 is 1.31 bits per heavy atom. The van der Waals surface area contributed by atoms with Gasteiger partial charge >= 0.3 is 11.9 Å². The highest BCUT2D eigenvalue weighted by molar-refractivity contribution is 6.30. The molecule has 39 heavy (non-hydrogen) atoms. The second-order valence-corrected chi connectivity index (χ2v) is 11.6. The minimum absolute atomic E-state index is 0.127. The normalized spacial score (nSPS) is 19.7. The van der Waals surface area contributed by atoms with Gasteiger partial charge in [-0.2, -0.15) is 0 Å². The monoisotopic (exact) mass is 562 g/mol. The van der Waals surface area contributed by atoms with E-state index in [-0.39, 0.29) is 12.0 Å². The summed E-state index contributed by atoms with van der Waals surface area (Å²) in [5.41, 5.74) is 1.97. The summed E-state index contributed by atoms with van der Waals surface area (Å²) in [6.45, 7) is 0. The molecule has 0 bridgehead atoms. The predicted molar refractivity (Wildman–Crippen MR) is 151 cm³/mol. The number of carbonyl (C=O) groups is 2. The van der Waals surface area contributed by atoms with Gasteiger partial charge in [0.15, 0.2) is 0 Å². The van der Waals surface area contributed by atoms with Crippen molar-refractivity contribution in [1.29, 1.82) is 0 Å². The first kappa shape index (κ1) is 25.9. The molecule has 8 heteroatoms. The zero-order valence-electron chi connectivity index (χ0n) is 21.2. The Morgan fingerprint density at radius 3 is 1.79 bits per heavy atom. The van der Waals surface area contributed by atoms with Crippen molar-refractivity contribution in [2.45, 2.75) is 55.9 Å². The van der Waals surface area contributed by atoms with E-state index in [2.05, 4.69) is 4.57 Å². The summed E-state index contributed by atoms with van der Waals surface area (Å²) < 4.78 is 2.28. The molecule has 2 aliphatic rings. The molecule has 200 valence electrons. The van der Waals surface area contributed by atoms with Gasteiger partial charge in [-0.05, 0) is 91.6 Å². The SMILES string of the molecule is O=C(O)C1CCC(n2c(C3CC3)nc3ccc(C(C(=O)O)(c4ccc(Cl)cc4)c4ccc(Cl)cc4)cc32)CC1. The van der Waals surface area contributed by atoms with Crippen molar-refractivity contribution in [3.05, 3.63) is 99.3 Å².